The van der Waals surface area contributed by atoms with E-state index in [0.717, 1.165) is 22.0 Å². The molecule has 0 saturated heterocycles. The summed E-state index contributed by atoms with van der Waals surface area (Å²) in [5.74, 6) is -0.573. The van der Waals surface area contributed by atoms with Gasteiger partial charge in [-0.05, 0) is 24.1 Å². The highest BCUT2D eigenvalue weighted by molar-refractivity contribution is 7.22. The smallest absolute Gasteiger partial charge is 0.351 e. The molecule has 3 aromatic rings. The zero-order valence-electron chi connectivity index (χ0n) is 11.1. The molecular weight excluding hydrogens is 274 g/mol. The molecule has 0 fully saturated rings. The molecule has 5 heteroatoms. The number of thiophene rings is 1. The van der Waals surface area contributed by atoms with Crippen molar-refractivity contribution in [2.24, 2.45) is 0 Å². The summed E-state index contributed by atoms with van der Waals surface area (Å²) < 4.78 is 5.56. The third kappa shape index (κ3) is 1.82. The molecule has 0 atom stereocenters. The molecule has 1 N–H and O–H groups in total. The van der Waals surface area contributed by atoms with Crippen molar-refractivity contribution in [1.29, 1.82) is 0 Å². The highest BCUT2D eigenvalue weighted by Gasteiger charge is 2.20. The van der Waals surface area contributed by atoms with Crippen molar-refractivity contribution in [2.45, 2.75) is 13.3 Å². The monoisotopic (exact) mass is 287 g/mol. The molecule has 0 amide bonds. The number of fused-ring (bicyclic) bond motifs is 3. The van der Waals surface area contributed by atoms with E-state index >= 15 is 0 Å². The number of carbonyl (C=O) groups is 1. The van der Waals surface area contributed by atoms with Gasteiger partial charge in [0.05, 0.1) is 18.0 Å². The first kappa shape index (κ1) is 12.9. The first-order valence-electron chi connectivity index (χ1n) is 6.27. The van der Waals surface area contributed by atoms with E-state index in [2.05, 4.69) is 18.0 Å². The SMILES string of the molecule is CCc1ccc2ncc3c(O)c(C(=O)OC)sc3c2c1. The molecule has 0 aliphatic carbocycles. The summed E-state index contributed by atoms with van der Waals surface area (Å²) in [7, 11) is 1.30. The molecular formula is C15H13NO3S. The van der Waals surface area contributed by atoms with Crippen LogP contribution in [0.25, 0.3) is 21.0 Å². The van der Waals surface area contributed by atoms with Crippen LogP contribution in [-0.4, -0.2) is 23.2 Å². The van der Waals surface area contributed by atoms with E-state index in [4.69, 9.17) is 4.74 Å². The van der Waals surface area contributed by atoms with Gasteiger partial charge >= 0.3 is 5.97 Å². The average molecular weight is 287 g/mol. The summed E-state index contributed by atoms with van der Waals surface area (Å²) >= 11 is 1.24. The van der Waals surface area contributed by atoms with Crippen LogP contribution < -0.4 is 0 Å². The Kier molecular flexibility index (Phi) is 3.06. The van der Waals surface area contributed by atoms with Crippen LogP contribution in [0.2, 0.25) is 0 Å². The number of carbonyl (C=O) groups excluding carboxylic acids is 1. The first-order chi connectivity index (χ1) is 9.65. The van der Waals surface area contributed by atoms with Crippen LogP contribution in [0.1, 0.15) is 22.2 Å². The second-order valence-electron chi connectivity index (χ2n) is 4.48. The Hall–Kier alpha value is -2.14. The van der Waals surface area contributed by atoms with Crippen LogP contribution in [0.5, 0.6) is 5.75 Å². The van der Waals surface area contributed by atoms with E-state index in [-0.39, 0.29) is 10.6 Å². The lowest BCUT2D eigenvalue weighted by atomic mass is 10.1. The number of methoxy groups -OCH3 is 1. The Morgan fingerprint density at radius 2 is 2.20 bits per heavy atom. The molecule has 0 unspecified atom stereocenters. The zero-order valence-corrected chi connectivity index (χ0v) is 12.0. The van der Waals surface area contributed by atoms with Crippen molar-refractivity contribution in [3.63, 3.8) is 0 Å². The summed E-state index contributed by atoms with van der Waals surface area (Å²) in [4.78, 5) is 16.2. The normalized spacial score (nSPS) is 11.1. The largest absolute Gasteiger partial charge is 0.505 e. The van der Waals surface area contributed by atoms with Gasteiger partial charge in [0, 0.05) is 16.3 Å². The van der Waals surface area contributed by atoms with Gasteiger partial charge in [0.25, 0.3) is 0 Å². The number of esters is 1. The van der Waals surface area contributed by atoms with Crippen molar-refractivity contribution in [2.75, 3.05) is 7.11 Å². The van der Waals surface area contributed by atoms with Gasteiger partial charge in [-0.2, -0.15) is 0 Å². The van der Waals surface area contributed by atoms with Crippen LogP contribution in [0.4, 0.5) is 0 Å². The summed E-state index contributed by atoms with van der Waals surface area (Å²) in [5.41, 5.74) is 2.05. The Labute approximate surface area is 119 Å². The third-order valence-electron chi connectivity index (χ3n) is 3.34. The van der Waals surface area contributed by atoms with Gasteiger partial charge in [0.1, 0.15) is 5.75 Å². The summed E-state index contributed by atoms with van der Waals surface area (Å²) in [6.07, 6.45) is 2.52. The van der Waals surface area contributed by atoms with Crippen molar-refractivity contribution >= 4 is 38.3 Å². The van der Waals surface area contributed by atoms with Crippen LogP contribution in [0.3, 0.4) is 0 Å². The lowest BCUT2D eigenvalue weighted by molar-refractivity contribution is 0.0603. The van der Waals surface area contributed by atoms with Crippen LogP contribution in [0, 0.1) is 0 Å². The maximum atomic E-state index is 11.7. The Bertz CT molecular complexity index is 823. The van der Waals surface area contributed by atoms with E-state index in [9.17, 15) is 9.90 Å². The van der Waals surface area contributed by atoms with E-state index in [1.54, 1.807) is 6.20 Å². The lowest BCUT2D eigenvalue weighted by Crippen LogP contribution is -1.97. The number of benzene rings is 1. The molecule has 4 nitrogen and oxygen atoms in total. The molecule has 20 heavy (non-hydrogen) atoms. The molecule has 1 aromatic carbocycles. The van der Waals surface area contributed by atoms with Crippen LogP contribution >= 0.6 is 11.3 Å². The average Bonchev–Trinajstić information content (AvgIpc) is 2.83. The van der Waals surface area contributed by atoms with Crippen molar-refractivity contribution in [3.05, 3.63) is 34.8 Å². The van der Waals surface area contributed by atoms with Crippen LogP contribution in [-0.2, 0) is 11.2 Å². The van der Waals surface area contributed by atoms with Gasteiger partial charge in [0.2, 0.25) is 0 Å². The zero-order chi connectivity index (χ0) is 14.3. The standard InChI is InChI=1S/C15H13NO3S/c1-3-8-4-5-11-9(6-8)13-10(7-16-11)12(17)14(20-13)15(18)19-2/h4-7,17H,3H2,1-2H3. The Balaban J connectivity index is 2.38. The Morgan fingerprint density at radius 3 is 2.90 bits per heavy atom. The molecule has 0 radical (unpaired) electrons. The van der Waals surface area contributed by atoms with E-state index in [1.807, 2.05) is 12.1 Å². The molecule has 2 heterocycles. The molecule has 102 valence electrons. The molecule has 0 saturated carbocycles. The van der Waals surface area contributed by atoms with Crippen molar-refractivity contribution in [1.82, 2.24) is 4.98 Å². The van der Waals surface area contributed by atoms with E-state index < -0.39 is 5.97 Å². The van der Waals surface area contributed by atoms with Gasteiger partial charge in [-0.3, -0.25) is 4.98 Å². The quantitative estimate of drug-likeness (QED) is 0.733. The fourth-order valence-corrected chi connectivity index (χ4v) is 3.33. The van der Waals surface area contributed by atoms with Crippen LogP contribution in [0.15, 0.2) is 24.4 Å². The topological polar surface area (TPSA) is 59.4 Å². The Morgan fingerprint density at radius 1 is 1.40 bits per heavy atom. The molecule has 0 spiro atoms. The number of aromatic nitrogens is 1. The van der Waals surface area contributed by atoms with Gasteiger partial charge < -0.3 is 9.84 Å². The van der Waals surface area contributed by atoms with E-state index in [0.29, 0.717) is 5.39 Å². The van der Waals surface area contributed by atoms with Gasteiger partial charge in [-0.15, -0.1) is 11.3 Å². The molecule has 2 aromatic heterocycles. The fourth-order valence-electron chi connectivity index (χ4n) is 2.22. The summed E-state index contributed by atoms with van der Waals surface area (Å²) in [5, 5.41) is 11.7. The number of pyridine rings is 1. The highest BCUT2D eigenvalue weighted by atomic mass is 32.1. The second kappa shape index (κ2) is 4.76. The van der Waals surface area contributed by atoms with E-state index in [1.165, 1.54) is 24.0 Å². The van der Waals surface area contributed by atoms with Gasteiger partial charge in [0.15, 0.2) is 4.88 Å². The number of rotatable bonds is 2. The maximum absolute atomic E-state index is 11.7. The number of ether oxygens (including phenoxy) is 1. The molecule has 0 aliphatic heterocycles. The van der Waals surface area contributed by atoms with Crippen molar-refractivity contribution in [3.8, 4) is 5.75 Å². The highest BCUT2D eigenvalue weighted by Crippen LogP contribution is 2.40. The molecule has 3 rings (SSSR count). The number of hydrogen-bond acceptors (Lipinski definition) is 5. The summed E-state index contributed by atoms with van der Waals surface area (Å²) in [6.45, 7) is 2.08. The second-order valence-corrected chi connectivity index (χ2v) is 5.50. The lowest BCUT2D eigenvalue weighted by Gasteiger charge is -2.01. The minimum atomic E-state index is -0.525. The number of aryl methyl sites for hydroxylation is 1. The first-order valence-corrected chi connectivity index (χ1v) is 7.08. The molecule has 0 aliphatic rings. The predicted molar refractivity (Wildman–Crippen MR) is 79.5 cm³/mol. The maximum Gasteiger partial charge on any atom is 0.351 e. The van der Waals surface area contributed by atoms with Gasteiger partial charge in [-0.1, -0.05) is 13.0 Å². The minimum Gasteiger partial charge on any atom is -0.505 e. The number of aromatic hydroxyl groups is 1. The predicted octanol–water partition coefficient (Wildman–Crippen LogP) is 3.50. The minimum absolute atomic E-state index is 0.0480. The van der Waals surface area contributed by atoms with Gasteiger partial charge in [-0.25, -0.2) is 4.79 Å². The third-order valence-corrected chi connectivity index (χ3v) is 4.54. The molecule has 0 bridgehead atoms. The summed E-state index contributed by atoms with van der Waals surface area (Å²) in [6, 6.07) is 6.06. The number of hydrogen-bond donors (Lipinski definition) is 1. The fraction of sp³-hybridized carbons (Fsp3) is 0.200. The number of nitrogens with zero attached hydrogens (tertiary/aromatic N) is 1. The van der Waals surface area contributed by atoms with Crippen molar-refractivity contribution < 1.29 is 14.6 Å².